The van der Waals surface area contributed by atoms with Gasteiger partial charge < -0.3 is 16.2 Å². The third-order valence-electron chi connectivity index (χ3n) is 2.48. The minimum Gasteiger partial charge on any atom is -0.394 e. The minimum atomic E-state index is -0.656. The molecule has 0 atom stereocenters. The number of hydrogen-bond acceptors (Lipinski definition) is 3. The topological polar surface area (TPSA) is 92.4 Å². The van der Waals surface area contributed by atoms with E-state index in [1.807, 2.05) is 0 Å². The molecule has 0 saturated heterocycles. The zero-order valence-electron chi connectivity index (χ0n) is 11.0. The van der Waals surface area contributed by atoms with Crippen LogP contribution in [0.3, 0.4) is 0 Å². The Balaban J connectivity index is 2.66. The third-order valence-corrected chi connectivity index (χ3v) is 2.48. The van der Waals surface area contributed by atoms with Crippen molar-refractivity contribution in [2.75, 3.05) is 6.61 Å². The zero-order chi connectivity index (χ0) is 14.5. The zero-order valence-corrected chi connectivity index (χ0v) is 11.0. The highest BCUT2D eigenvalue weighted by atomic mass is 16.3. The molecule has 0 aliphatic carbocycles. The van der Waals surface area contributed by atoms with Crippen LogP contribution in [-0.2, 0) is 4.79 Å². The number of nitrogens with one attached hydrogen (secondary N) is 1. The smallest absolute Gasteiger partial charge is 0.248 e. The summed E-state index contributed by atoms with van der Waals surface area (Å²) >= 11 is 0. The van der Waals surface area contributed by atoms with Crippen molar-refractivity contribution in [3.05, 3.63) is 41.5 Å². The quantitative estimate of drug-likeness (QED) is 0.681. The fourth-order valence-electron chi connectivity index (χ4n) is 1.35. The first kappa shape index (κ1) is 14.9. The second-order valence-electron chi connectivity index (χ2n) is 4.85. The number of carbonyl (C=O) groups excluding carboxylic acids is 2. The fraction of sp³-hybridized carbons (Fsp3) is 0.286. The maximum absolute atomic E-state index is 11.6. The van der Waals surface area contributed by atoms with Crippen LogP contribution < -0.4 is 11.1 Å². The van der Waals surface area contributed by atoms with Gasteiger partial charge in [0.15, 0.2) is 0 Å². The lowest BCUT2D eigenvalue weighted by molar-refractivity contribution is -0.118. The summed E-state index contributed by atoms with van der Waals surface area (Å²) < 4.78 is 0. The highest BCUT2D eigenvalue weighted by Gasteiger charge is 2.17. The van der Waals surface area contributed by atoms with Crippen LogP contribution in [0, 0.1) is 0 Å². The highest BCUT2D eigenvalue weighted by Crippen LogP contribution is 2.06. The molecule has 1 aromatic rings. The molecular formula is C14H18N2O3. The molecule has 5 nitrogen and oxygen atoms in total. The Labute approximate surface area is 112 Å². The lowest BCUT2D eigenvalue weighted by atomic mass is 10.1. The summed E-state index contributed by atoms with van der Waals surface area (Å²) in [5.41, 5.74) is 5.67. The van der Waals surface area contributed by atoms with E-state index >= 15 is 0 Å². The van der Waals surface area contributed by atoms with E-state index in [0.29, 0.717) is 5.56 Å². The van der Waals surface area contributed by atoms with Gasteiger partial charge in [0.25, 0.3) is 0 Å². The maximum Gasteiger partial charge on any atom is 0.248 e. The molecule has 1 aromatic carbocycles. The molecule has 0 spiro atoms. The Morgan fingerprint density at radius 1 is 1.32 bits per heavy atom. The van der Waals surface area contributed by atoms with Gasteiger partial charge in [0, 0.05) is 11.6 Å². The largest absolute Gasteiger partial charge is 0.394 e. The molecule has 0 aliphatic rings. The van der Waals surface area contributed by atoms with Crippen LogP contribution in [0.1, 0.15) is 29.8 Å². The molecule has 2 amide bonds. The Morgan fingerprint density at radius 2 is 1.89 bits per heavy atom. The molecule has 0 fully saturated rings. The number of amides is 2. The molecule has 4 N–H and O–H groups in total. The van der Waals surface area contributed by atoms with Crippen LogP contribution in [-0.4, -0.2) is 29.1 Å². The second kappa shape index (κ2) is 6.15. The lowest BCUT2D eigenvalue weighted by Crippen LogP contribution is -2.45. The summed E-state index contributed by atoms with van der Waals surface area (Å²) in [6, 6.07) is 6.58. The normalized spacial score (nSPS) is 11.5. The van der Waals surface area contributed by atoms with Crippen molar-refractivity contribution >= 4 is 17.9 Å². The van der Waals surface area contributed by atoms with E-state index in [2.05, 4.69) is 5.32 Å². The van der Waals surface area contributed by atoms with Crippen LogP contribution in [0.25, 0.3) is 6.08 Å². The van der Waals surface area contributed by atoms with Gasteiger partial charge in [0.05, 0.1) is 12.1 Å². The van der Waals surface area contributed by atoms with Gasteiger partial charge in [-0.3, -0.25) is 9.59 Å². The number of nitrogens with two attached hydrogens (primary N) is 1. The van der Waals surface area contributed by atoms with E-state index in [1.165, 1.54) is 6.08 Å². The van der Waals surface area contributed by atoms with Gasteiger partial charge in [-0.25, -0.2) is 0 Å². The van der Waals surface area contributed by atoms with Gasteiger partial charge in [-0.1, -0.05) is 12.1 Å². The first-order valence-corrected chi connectivity index (χ1v) is 5.85. The number of primary amides is 1. The number of rotatable bonds is 5. The molecule has 102 valence electrons. The summed E-state index contributed by atoms with van der Waals surface area (Å²) in [4.78, 5) is 22.5. The Bertz CT molecular complexity index is 490. The number of aliphatic hydroxyl groups excluding tert-OH is 1. The number of benzene rings is 1. The van der Waals surface area contributed by atoms with E-state index < -0.39 is 11.4 Å². The fourth-order valence-corrected chi connectivity index (χ4v) is 1.35. The summed E-state index contributed by atoms with van der Waals surface area (Å²) in [7, 11) is 0. The van der Waals surface area contributed by atoms with E-state index in [1.54, 1.807) is 44.2 Å². The second-order valence-corrected chi connectivity index (χ2v) is 4.85. The van der Waals surface area contributed by atoms with E-state index in [0.717, 1.165) is 5.56 Å². The molecule has 0 saturated carbocycles. The van der Waals surface area contributed by atoms with Gasteiger partial charge in [-0.2, -0.15) is 0 Å². The predicted octanol–water partition coefficient (Wildman–Crippen LogP) is 0.686. The Kier molecular flexibility index (Phi) is 4.83. The van der Waals surface area contributed by atoms with Gasteiger partial charge >= 0.3 is 0 Å². The van der Waals surface area contributed by atoms with Crippen molar-refractivity contribution in [1.82, 2.24) is 5.32 Å². The number of hydrogen-bond donors (Lipinski definition) is 3. The molecule has 5 heteroatoms. The molecule has 1 rings (SSSR count). The number of carbonyl (C=O) groups is 2. The molecule has 0 bridgehead atoms. The first-order valence-electron chi connectivity index (χ1n) is 5.85. The van der Waals surface area contributed by atoms with Crippen molar-refractivity contribution in [2.24, 2.45) is 5.73 Å². The molecule has 0 unspecified atom stereocenters. The van der Waals surface area contributed by atoms with E-state index in [-0.39, 0.29) is 12.5 Å². The van der Waals surface area contributed by atoms with Crippen molar-refractivity contribution in [2.45, 2.75) is 19.4 Å². The predicted molar refractivity (Wildman–Crippen MR) is 73.3 cm³/mol. The molecule has 0 aliphatic heterocycles. The minimum absolute atomic E-state index is 0.139. The van der Waals surface area contributed by atoms with Crippen LogP contribution in [0.4, 0.5) is 0 Å². The van der Waals surface area contributed by atoms with Gasteiger partial charge in [0.1, 0.15) is 0 Å². The van der Waals surface area contributed by atoms with Crippen molar-refractivity contribution in [3.8, 4) is 0 Å². The Hall–Kier alpha value is -2.14. The monoisotopic (exact) mass is 262 g/mol. The van der Waals surface area contributed by atoms with Gasteiger partial charge in [-0.15, -0.1) is 0 Å². The Morgan fingerprint density at radius 3 is 2.37 bits per heavy atom. The average molecular weight is 262 g/mol. The molecule has 0 aromatic heterocycles. The van der Waals surface area contributed by atoms with Crippen molar-refractivity contribution in [3.63, 3.8) is 0 Å². The molecular weight excluding hydrogens is 244 g/mol. The van der Waals surface area contributed by atoms with Crippen LogP contribution in [0.2, 0.25) is 0 Å². The van der Waals surface area contributed by atoms with Gasteiger partial charge in [-0.05, 0) is 37.6 Å². The highest BCUT2D eigenvalue weighted by molar-refractivity contribution is 5.94. The molecule has 0 heterocycles. The van der Waals surface area contributed by atoms with Crippen molar-refractivity contribution < 1.29 is 14.7 Å². The SMILES string of the molecule is CC(C)(CO)NC(=O)/C=C/c1ccc(C(N)=O)cc1. The standard InChI is InChI=1S/C14H18N2O3/c1-14(2,9-17)16-12(18)8-5-10-3-6-11(7-4-10)13(15)19/h3-8,17H,9H2,1-2H3,(H2,15,19)(H,16,18)/b8-5+. The maximum atomic E-state index is 11.6. The summed E-state index contributed by atoms with van der Waals surface area (Å²) in [6.45, 7) is 3.31. The van der Waals surface area contributed by atoms with Crippen LogP contribution in [0.5, 0.6) is 0 Å². The van der Waals surface area contributed by atoms with Gasteiger partial charge in [0.2, 0.25) is 11.8 Å². The molecule has 19 heavy (non-hydrogen) atoms. The first-order chi connectivity index (χ1) is 8.84. The third kappa shape index (κ3) is 4.93. The number of aliphatic hydroxyl groups is 1. The van der Waals surface area contributed by atoms with E-state index in [9.17, 15) is 9.59 Å². The molecule has 0 radical (unpaired) electrons. The van der Waals surface area contributed by atoms with Crippen molar-refractivity contribution in [1.29, 1.82) is 0 Å². The van der Waals surface area contributed by atoms with Crippen LogP contribution >= 0.6 is 0 Å². The summed E-state index contributed by atoms with van der Waals surface area (Å²) in [5.74, 6) is -0.781. The summed E-state index contributed by atoms with van der Waals surface area (Å²) in [5, 5.41) is 11.7. The van der Waals surface area contributed by atoms with E-state index in [4.69, 9.17) is 10.8 Å². The lowest BCUT2D eigenvalue weighted by Gasteiger charge is -2.22. The summed E-state index contributed by atoms with van der Waals surface area (Å²) in [6.07, 6.45) is 2.99. The average Bonchev–Trinajstić information content (AvgIpc) is 2.36. The van der Waals surface area contributed by atoms with Crippen LogP contribution in [0.15, 0.2) is 30.3 Å².